The zero-order valence-corrected chi connectivity index (χ0v) is 24.6. The number of halogens is 4. The molecule has 1 aliphatic heterocycles. The SMILES string of the molecule is Cc1cc(Oc2ccccc2F)cc(F)c1-n1ncc(C(=O)C2=Cc3cc(OCC(F)F)c(N4CCCS4(=O)=O)cc3C2)c1N. The summed E-state index contributed by atoms with van der Waals surface area (Å²) in [6.07, 6.45) is 0.457. The molecule has 1 aliphatic carbocycles. The fraction of sp³-hybridized carbons (Fsp3) is 0.226. The van der Waals surface area contributed by atoms with Gasteiger partial charge < -0.3 is 15.2 Å². The number of aryl methyl sites for hydroxylation is 1. The molecule has 1 fully saturated rings. The molecule has 234 valence electrons. The first-order valence-electron chi connectivity index (χ1n) is 13.8. The van der Waals surface area contributed by atoms with Crippen LogP contribution in [-0.2, 0) is 16.4 Å². The first kappa shape index (κ1) is 30.2. The Morgan fingerprint density at radius 2 is 1.87 bits per heavy atom. The van der Waals surface area contributed by atoms with Crippen LogP contribution in [0.2, 0.25) is 0 Å². The molecule has 4 aromatic rings. The van der Waals surface area contributed by atoms with Crippen molar-refractivity contribution in [3.8, 4) is 22.9 Å². The summed E-state index contributed by atoms with van der Waals surface area (Å²) in [6.45, 7) is 0.821. The Morgan fingerprint density at radius 3 is 2.56 bits per heavy atom. The summed E-state index contributed by atoms with van der Waals surface area (Å²) in [4.78, 5) is 13.6. The van der Waals surface area contributed by atoms with Crippen LogP contribution in [0, 0.1) is 18.6 Å². The largest absolute Gasteiger partial charge is 0.485 e. The molecule has 0 atom stereocenters. The number of ketones is 1. The number of alkyl halides is 2. The maximum absolute atomic E-state index is 15.3. The lowest BCUT2D eigenvalue weighted by molar-refractivity contribution is 0.0821. The minimum Gasteiger partial charge on any atom is -0.485 e. The van der Waals surface area contributed by atoms with E-state index in [1.54, 1.807) is 19.1 Å². The molecule has 2 aliphatic rings. The van der Waals surface area contributed by atoms with Gasteiger partial charge in [0.15, 0.2) is 23.2 Å². The minimum atomic E-state index is -3.65. The number of carbonyl (C=O) groups excluding carboxylic acids is 1. The highest BCUT2D eigenvalue weighted by atomic mass is 32.2. The third-order valence-electron chi connectivity index (χ3n) is 7.51. The van der Waals surface area contributed by atoms with Crippen LogP contribution < -0.4 is 19.5 Å². The Morgan fingerprint density at radius 1 is 1.09 bits per heavy atom. The number of nitrogens with two attached hydrogens (primary N) is 1. The van der Waals surface area contributed by atoms with Crippen molar-refractivity contribution in [1.82, 2.24) is 9.78 Å². The lowest BCUT2D eigenvalue weighted by Crippen LogP contribution is -2.26. The summed E-state index contributed by atoms with van der Waals surface area (Å²) in [7, 11) is -3.65. The number of ether oxygens (including phenoxy) is 2. The first-order chi connectivity index (χ1) is 21.4. The Labute approximate surface area is 255 Å². The molecule has 14 heteroatoms. The van der Waals surface area contributed by atoms with E-state index in [0.29, 0.717) is 23.1 Å². The van der Waals surface area contributed by atoms with E-state index in [-0.39, 0.29) is 64.3 Å². The lowest BCUT2D eigenvalue weighted by atomic mass is 10.0. The number of hydrogen-bond acceptors (Lipinski definition) is 7. The second-order valence-corrected chi connectivity index (χ2v) is 12.6. The molecule has 1 aromatic heterocycles. The fourth-order valence-electron chi connectivity index (χ4n) is 5.45. The van der Waals surface area contributed by atoms with Gasteiger partial charge in [0.25, 0.3) is 6.43 Å². The molecule has 3 aromatic carbocycles. The number of sulfonamides is 1. The molecule has 0 radical (unpaired) electrons. The fourth-order valence-corrected chi connectivity index (χ4v) is 7.01. The Kier molecular flexibility index (Phi) is 7.77. The van der Waals surface area contributed by atoms with Crippen LogP contribution in [0.3, 0.4) is 0 Å². The zero-order valence-electron chi connectivity index (χ0n) is 23.8. The normalized spacial score (nSPS) is 15.3. The van der Waals surface area contributed by atoms with E-state index in [2.05, 4.69) is 5.10 Å². The molecule has 0 spiro atoms. The quantitative estimate of drug-likeness (QED) is 0.180. The predicted octanol–water partition coefficient (Wildman–Crippen LogP) is 5.84. The van der Waals surface area contributed by atoms with E-state index in [4.69, 9.17) is 15.2 Å². The van der Waals surface area contributed by atoms with E-state index >= 15 is 4.39 Å². The van der Waals surface area contributed by atoms with Crippen molar-refractivity contribution in [3.63, 3.8) is 0 Å². The number of nitrogen functional groups attached to an aromatic ring is 1. The number of aromatic nitrogens is 2. The summed E-state index contributed by atoms with van der Waals surface area (Å²) in [6, 6.07) is 11.2. The van der Waals surface area contributed by atoms with Gasteiger partial charge in [-0.25, -0.2) is 30.7 Å². The third-order valence-corrected chi connectivity index (χ3v) is 9.37. The highest BCUT2D eigenvalue weighted by Gasteiger charge is 2.33. The molecule has 0 amide bonds. The van der Waals surface area contributed by atoms with Crippen molar-refractivity contribution in [3.05, 3.63) is 94.2 Å². The van der Waals surface area contributed by atoms with Crippen molar-refractivity contribution in [2.45, 2.75) is 26.2 Å². The van der Waals surface area contributed by atoms with Crippen molar-refractivity contribution in [2.24, 2.45) is 0 Å². The predicted molar refractivity (Wildman–Crippen MR) is 159 cm³/mol. The van der Waals surface area contributed by atoms with Crippen LogP contribution in [0.4, 0.5) is 29.1 Å². The number of anilines is 2. The number of nitrogens with zero attached hydrogens (tertiary/aromatic N) is 3. The second-order valence-electron chi connectivity index (χ2n) is 10.6. The zero-order chi connectivity index (χ0) is 32.0. The number of rotatable bonds is 9. The van der Waals surface area contributed by atoms with Crippen molar-refractivity contribution in [2.75, 3.05) is 28.9 Å². The molecule has 9 nitrogen and oxygen atoms in total. The van der Waals surface area contributed by atoms with Gasteiger partial charge in [0, 0.05) is 24.6 Å². The van der Waals surface area contributed by atoms with Crippen LogP contribution >= 0.6 is 0 Å². The number of para-hydroxylation sites is 1. The summed E-state index contributed by atoms with van der Waals surface area (Å²) in [5.74, 6) is -2.17. The Balaban J connectivity index is 1.28. The maximum Gasteiger partial charge on any atom is 0.272 e. The standard InChI is InChI=1S/C31H26F4N4O5S/c1-17-9-21(44-26-6-3-2-5-23(26)32)14-24(33)29(17)39-31(36)22(15-37-39)30(40)20-10-18-12-25(38-7-4-8-45(38,41)42)27(13-19(18)11-20)43-16-28(34)35/h2-3,5-6,9,11-15,28H,4,7-8,10,16,36H2,1H3. The van der Waals surface area contributed by atoms with Crippen LogP contribution in [0.1, 0.15) is 33.5 Å². The third kappa shape index (κ3) is 5.72. The molecule has 45 heavy (non-hydrogen) atoms. The molecule has 2 N–H and O–H groups in total. The summed E-state index contributed by atoms with van der Waals surface area (Å²) >= 11 is 0. The number of benzene rings is 3. The minimum absolute atomic E-state index is 0.00365. The van der Waals surface area contributed by atoms with Crippen molar-refractivity contribution in [1.29, 1.82) is 0 Å². The number of carbonyl (C=O) groups is 1. The van der Waals surface area contributed by atoms with Gasteiger partial charge in [0.05, 0.1) is 23.2 Å². The van der Waals surface area contributed by atoms with Crippen molar-refractivity contribution >= 4 is 33.4 Å². The average Bonchev–Trinajstić information content (AvgIpc) is 3.67. The van der Waals surface area contributed by atoms with Gasteiger partial charge in [0.2, 0.25) is 10.0 Å². The first-order valence-corrected chi connectivity index (χ1v) is 15.4. The van der Waals surface area contributed by atoms with E-state index in [1.165, 1.54) is 42.6 Å². The van der Waals surface area contributed by atoms with Gasteiger partial charge in [-0.2, -0.15) is 5.10 Å². The summed E-state index contributed by atoms with van der Waals surface area (Å²) < 4.78 is 93.5. The number of hydrogen-bond donors (Lipinski definition) is 1. The van der Waals surface area contributed by atoms with Crippen LogP contribution in [0.15, 0.2) is 60.3 Å². The van der Waals surface area contributed by atoms with E-state index < -0.39 is 40.5 Å². The van der Waals surface area contributed by atoms with Gasteiger partial charge in [-0.15, -0.1) is 0 Å². The number of fused-ring (bicyclic) bond motifs is 1. The lowest BCUT2D eigenvalue weighted by Gasteiger charge is -2.22. The Hall–Kier alpha value is -4.85. The van der Waals surface area contributed by atoms with E-state index in [9.17, 15) is 26.4 Å². The van der Waals surface area contributed by atoms with E-state index in [0.717, 1.165) is 15.1 Å². The van der Waals surface area contributed by atoms with Gasteiger partial charge in [-0.1, -0.05) is 12.1 Å². The molecule has 0 saturated carbocycles. The molecular weight excluding hydrogens is 616 g/mol. The van der Waals surface area contributed by atoms with Gasteiger partial charge in [-0.05, 0) is 66.4 Å². The molecular formula is C31H26F4N4O5S. The van der Waals surface area contributed by atoms with Gasteiger partial charge in [0.1, 0.15) is 29.6 Å². The van der Waals surface area contributed by atoms with Gasteiger partial charge >= 0.3 is 0 Å². The number of allylic oxidation sites excluding steroid dienone is 1. The molecule has 0 unspecified atom stereocenters. The van der Waals surface area contributed by atoms with Crippen molar-refractivity contribution < 1.29 is 40.2 Å². The Bertz CT molecular complexity index is 1950. The van der Waals surface area contributed by atoms with Crippen LogP contribution in [-0.4, -0.2) is 49.3 Å². The smallest absolute Gasteiger partial charge is 0.272 e. The highest BCUT2D eigenvalue weighted by Crippen LogP contribution is 2.40. The van der Waals surface area contributed by atoms with Crippen LogP contribution in [0.25, 0.3) is 11.8 Å². The maximum atomic E-state index is 15.3. The number of Topliss-reactive ketones (excluding diaryl/α,β-unsaturated/α-hetero) is 1. The monoisotopic (exact) mass is 642 g/mol. The highest BCUT2D eigenvalue weighted by molar-refractivity contribution is 7.93. The van der Waals surface area contributed by atoms with E-state index in [1.807, 2.05) is 0 Å². The second kappa shape index (κ2) is 11.6. The molecule has 6 rings (SSSR count). The molecule has 0 bridgehead atoms. The average molecular weight is 643 g/mol. The topological polar surface area (TPSA) is 117 Å². The summed E-state index contributed by atoms with van der Waals surface area (Å²) in [5.41, 5.74) is 8.12. The summed E-state index contributed by atoms with van der Waals surface area (Å²) in [5, 5.41) is 4.15. The van der Waals surface area contributed by atoms with Gasteiger partial charge in [-0.3, -0.25) is 9.10 Å². The molecule has 1 saturated heterocycles. The molecule has 2 heterocycles. The van der Waals surface area contributed by atoms with Crippen LogP contribution in [0.5, 0.6) is 17.2 Å².